The van der Waals surface area contributed by atoms with Gasteiger partial charge in [-0.15, -0.1) is 0 Å². The van der Waals surface area contributed by atoms with Crippen molar-refractivity contribution < 1.29 is 23.9 Å². The average Bonchev–Trinajstić information content (AvgIpc) is 2.60. The van der Waals surface area contributed by atoms with Crippen molar-refractivity contribution in [1.82, 2.24) is 0 Å². The number of ether oxygens (including phenoxy) is 3. The lowest BCUT2D eigenvalue weighted by molar-refractivity contribution is -0.385. The molecule has 126 valence electrons. The third kappa shape index (κ3) is 5.06. The van der Waals surface area contributed by atoms with Crippen molar-refractivity contribution >= 4 is 11.7 Å². The molecule has 0 aliphatic heterocycles. The summed E-state index contributed by atoms with van der Waals surface area (Å²) in [4.78, 5) is 22.2. The van der Waals surface area contributed by atoms with Gasteiger partial charge in [-0.2, -0.15) is 0 Å². The quantitative estimate of drug-likeness (QED) is 0.243. The Morgan fingerprint density at radius 1 is 1.17 bits per heavy atom. The normalized spacial score (nSPS) is 10.2. The summed E-state index contributed by atoms with van der Waals surface area (Å²) in [5.41, 5.74) is 0.671. The van der Waals surface area contributed by atoms with Crippen LogP contribution in [-0.4, -0.2) is 24.6 Å². The third-order valence-electron chi connectivity index (χ3n) is 3.15. The highest BCUT2D eigenvalue weighted by Crippen LogP contribution is 2.31. The van der Waals surface area contributed by atoms with Crippen molar-refractivity contribution in [2.24, 2.45) is 0 Å². The van der Waals surface area contributed by atoms with Crippen LogP contribution >= 0.6 is 0 Å². The lowest BCUT2D eigenvalue weighted by atomic mass is 10.2. The molecule has 0 aromatic heterocycles. The minimum Gasteiger partial charge on any atom is -0.496 e. The Hall–Kier alpha value is -2.93. The monoisotopic (exact) mass is 331 g/mol. The fourth-order valence-corrected chi connectivity index (χ4v) is 1.95. The van der Waals surface area contributed by atoms with Crippen molar-refractivity contribution in [3.05, 3.63) is 64.2 Å². The van der Waals surface area contributed by atoms with Crippen LogP contribution in [0, 0.1) is 10.1 Å². The molecular weight excluding hydrogens is 314 g/mol. The fourth-order valence-electron chi connectivity index (χ4n) is 1.95. The smallest absolute Gasteiger partial charge is 0.315 e. The number of hydrogen-bond acceptors (Lipinski definition) is 6. The third-order valence-corrected chi connectivity index (χ3v) is 3.15. The number of nitrogens with zero attached hydrogens (tertiary/aromatic N) is 1. The first-order valence-corrected chi connectivity index (χ1v) is 7.25. The first kappa shape index (κ1) is 17.4. The number of rotatable bonds is 8. The van der Waals surface area contributed by atoms with Crippen molar-refractivity contribution in [3.63, 3.8) is 0 Å². The number of hydrogen-bond donors (Lipinski definition) is 0. The second-order valence-corrected chi connectivity index (χ2v) is 4.85. The van der Waals surface area contributed by atoms with Gasteiger partial charge < -0.3 is 14.2 Å². The second-order valence-electron chi connectivity index (χ2n) is 4.85. The van der Waals surface area contributed by atoms with Crippen LogP contribution in [-0.2, 0) is 16.1 Å². The van der Waals surface area contributed by atoms with Gasteiger partial charge in [-0.05, 0) is 17.7 Å². The van der Waals surface area contributed by atoms with Crippen molar-refractivity contribution in [1.29, 1.82) is 0 Å². The maximum Gasteiger partial charge on any atom is 0.315 e. The van der Waals surface area contributed by atoms with Crippen LogP contribution in [0.15, 0.2) is 48.5 Å². The molecule has 7 heteroatoms. The van der Waals surface area contributed by atoms with Gasteiger partial charge >= 0.3 is 11.7 Å². The molecule has 2 aromatic rings. The van der Waals surface area contributed by atoms with Gasteiger partial charge in [0.15, 0.2) is 0 Å². The van der Waals surface area contributed by atoms with E-state index in [1.165, 1.54) is 25.3 Å². The van der Waals surface area contributed by atoms with E-state index in [1.54, 1.807) is 0 Å². The molecule has 0 aliphatic carbocycles. The van der Waals surface area contributed by atoms with Crippen LogP contribution in [0.1, 0.15) is 12.0 Å². The molecule has 2 rings (SSSR count). The molecule has 0 radical (unpaired) electrons. The number of carbonyl (C=O) groups is 1. The summed E-state index contributed by atoms with van der Waals surface area (Å²) in [6.45, 7) is 0.550. The van der Waals surface area contributed by atoms with Crippen LogP contribution in [0.25, 0.3) is 0 Å². The van der Waals surface area contributed by atoms with E-state index in [2.05, 4.69) is 0 Å². The SMILES string of the molecule is COc1ccc(OC(=O)CCOCc2ccccc2)c([N+](=O)[O-])c1. The molecule has 0 fully saturated rings. The standard InChI is InChI=1S/C17H17NO6/c1-22-14-7-8-16(15(11-14)18(20)21)24-17(19)9-10-23-12-13-5-3-2-4-6-13/h2-8,11H,9-10,12H2,1H3. The molecule has 0 aliphatic rings. The molecule has 7 nitrogen and oxygen atoms in total. The summed E-state index contributed by atoms with van der Waals surface area (Å²) in [6, 6.07) is 13.6. The molecule has 0 bridgehead atoms. The Bertz CT molecular complexity index is 701. The van der Waals surface area contributed by atoms with Crippen LogP contribution in [0.2, 0.25) is 0 Å². The van der Waals surface area contributed by atoms with Crippen molar-refractivity contribution in [3.8, 4) is 11.5 Å². The molecule has 24 heavy (non-hydrogen) atoms. The summed E-state index contributed by atoms with van der Waals surface area (Å²) in [5, 5.41) is 11.0. The topological polar surface area (TPSA) is 87.9 Å². The number of carbonyl (C=O) groups excluding carboxylic acids is 1. The van der Waals surface area contributed by atoms with Crippen LogP contribution < -0.4 is 9.47 Å². The van der Waals surface area contributed by atoms with Gasteiger partial charge in [-0.25, -0.2) is 0 Å². The Balaban J connectivity index is 1.85. The zero-order valence-corrected chi connectivity index (χ0v) is 13.1. The van der Waals surface area contributed by atoms with E-state index in [0.29, 0.717) is 12.4 Å². The van der Waals surface area contributed by atoms with Gasteiger partial charge in [-0.1, -0.05) is 30.3 Å². The highest BCUT2D eigenvalue weighted by atomic mass is 16.6. The van der Waals surface area contributed by atoms with Crippen LogP contribution in [0.5, 0.6) is 11.5 Å². The Morgan fingerprint density at radius 3 is 2.58 bits per heavy atom. The summed E-state index contributed by atoms with van der Waals surface area (Å²) in [5.74, 6) is -0.405. The zero-order valence-electron chi connectivity index (χ0n) is 13.1. The highest BCUT2D eigenvalue weighted by Gasteiger charge is 2.19. The number of esters is 1. The predicted molar refractivity (Wildman–Crippen MR) is 86.0 cm³/mol. The van der Waals surface area contributed by atoms with Gasteiger partial charge in [-0.3, -0.25) is 14.9 Å². The van der Waals surface area contributed by atoms with Gasteiger partial charge in [0, 0.05) is 0 Å². The number of nitro groups is 1. The van der Waals surface area contributed by atoms with Crippen molar-refractivity contribution in [2.45, 2.75) is 13.0 Å². The molecule has 0 N–H and O–H groups in total. The van der Waals surface area contributed by atoms with Crippen LogP contribution in [0.3, 0.4) is 0 Å². The zero-order chi connectivity index (χ0) is 17.4. The van der Waals surface area contributed by atoms with E-state index >= 15 is 0 Å². The molecule has 0 amide bonds. The Labute approximate surface area is 138 Å². The van der Waals surface area contributed by atoms with E-state index in [4.69, 9.17) is 14.2 Å². The molecule has 2 aromatic carbocycles. The van der Waals surface area contributed by atoms with E-state index in [1.807, 2.05) is 30.3 Å². The van der Waals surface area contributed by atoms with Crippen molar-refractivity contribution in [2.75, 3.05) is 13.7 Å². The number of nitro benzene ring substituents is 1. The first-order chi connectivity index (χ1) is 11.6. The summed E-state index contributed by atoms with van der Waals surface area (Å²) in [7, 11) is 1.40. The molecule has 0 spiro atoms. The average molecular weight is 331 g/mol. The van der Waals surface area contributed by atoms with E-state index in [-0.39, 0.29) is 24.5 Å². The van der Waals surface area contributed by atoms with E-state index in [0.717, 1.165) is 5.56 Å². The lowest BCUT2D eigenvalue weighted by Gasteiger charge is -2.07. The lowest BCUT2D eigenvalue weighted by Crippen LogP contribution is -2.12. The molecular formula is C17H17NO6. The largest absolute Gasteiger partial charge is 0.496 e. The molecule has 0 saturated heterocycles. The van der Waals surface area contributed by atoms with E-state index < -0.39 is 10.9 Å². The minimum absolute atomic E-state index is 0.00395. The van der Waals surface area contributed by atoms with Gasteiger partial charge in [0.25, 0.3) is 0 Å². The molecule has 0 unspecified atom stereocenters. The fraction of sp³-hybridized carbons (Fsp3) is 0.235. The molecule has 0 saturated carbocycles. The van der Waals surface area contributed by atoms with E-state index in [9.17, 15) is 14.9 Å². The van der Waals surface area contributed by atoms with Gasteiger partial charge in [0.05, 0.1) is 37.7 Å². The van der Waals surface area contributed by atoms with Gasteiger partial charge in [0.2, 0.25) is 5.75 Å². The maximum absolute atomic E-state index is 11.8. The van der Waals surface area contributed by atoms with Crippen LogP contribution in [0.4, 0.5) is 5.69 Å². The maximum atomic E-state index is 11.8. The summed E-state index contributed by atoms with van der Waals surface area (Å²) < 4.78 is 15.4. The predicted octanol–water partition coefficient (Wildman–Crippen LogP) is 3.12. The molecule has 0 atom stereocenters. The summed E-state index contributed by atoms with van der Waals surface area (Å²) in [6.07, 6.45) is -0.00395. The summed E-state index contributed by atoms with van der Waals surface area (Å²) >= 11 is 0. The highest BCUT2D eigenvalue weighted by molar-refractivity contribution is 5.74. The number of methoxy groups -OCH3 is 1. The van der Waals surface area contributed by atoms with Gasteiger partial charge in [0.1, 0.15) is 5.75 Å². The Kier molecular flexibility index (Phi) is 6.27. The Morgan fingerprint density at radius 2 is 1.92 bits per heavy atom. The number of benzene rings is 2. The minimum atomic E-state index is -0.628. The molecule has 0 heterocycles. The second kappa shape index (κ2) is 8.64. The first-order valence-electron chi connectivity index (χ1n) is 7.25.